The van der Waals surface area contributed by atoms with Gasteiger partial charge in [0.1, 0.15) is 6.04 Å². The molecule has 1 atom stereocenters. The van der Waals surface area contributed by atoms with Crippen molar-refractivity contribution in [2.45, 2.75) is 46.2 Å². The minimum atomic E-state index is -0.765. The molecule has 90 valence electrons. The summed E-state index contributed by atoms with van der Waals surface area (Å²) < 4.78 is 0. The smallest absolute Gasteiger partial charge is 0.322 e. The van der Waals surface area contributed by atoms with Crippen LogP contribution in [0, 0.1) is 0 Å². The number of hydrogen-bond donors (Lipinski definition) is 2. The molecule has 0 aliphatic carbocycles. The molecule has 0 heterocycles. The first-order valence-corrected chi connectivity index (χ1v) is 5.73. The molecule has 15 heavy (non-hydrogen) atoms. The van der Waals surface area contributed by atoms with Crippen LogP contribution in [-0.4, -0.2) is 47.7 Å². The molecule has 0 saturated carbocycles. The summed E-state index contributed by atoms with van der Waals surface area (Å²) in [6.45, 7) is 10.4. The molecule has 0 aromatic rings. The summed E-state index contributed by atoms with van der Waals surface area (Å²) in [7, 11) is 0. The summed E-state index contributed by atoms with van der Waals surface area (Å²) in [6, 6.07) is -0.0607. The molecule has 0 saturated heterocycles. The normalized spacial score (nSPS) is 13.5. The minimum Gasteiger partial charge on any atom is -0.480 e. The molecule has 0 amide bonds. The van der Waals surface area contributed by atoms with Crippen LogP contribution >= 0.6 is 0 Å². The summed E-state index contributed by atoms with van der Waals surface area (Å²) in [5, 5.41) is 12.0. The predicted molar refractivity (Wildman–Crippen MR) is 62.1 cm³/mol. The van der Waals surface area contributed by atoms with Crippen LogP contribution in [0.15, 0.2) is 0 Å². The number of nitrogens with zero attached hydrogens (tertiary/aromatic N) is 1. The Kier molecular flexibility index (Phi) is 7.34. The van der Waals surface area contributed by atoms with E-state index in [0.717, 1.165) is 13.0 Å². The Morgan fingerprint density at radius 2 is 2.00 bits per heavy atom. The fraction of sp³-hybridized carbons (Fsp3) is 0.909. The van der Waals surface area contributed by atoms with Crippen LogP contribution in [-0.2, 0) is 4.79 Å². The molecule has 0 rings (SSSR count). The third kappa shape index (κ3) is 5.74. The Morgan fingerprint density at radius 1 is 1.40 bits per heavy atom. The van der Waals surface area contributed by atoms with Crippen LogP contribution in [0.1, 0.15) is 34.1 Å². The highest BCUT2D eigenvalue weighted by Crippen LogP contribution is 2.01. The van der Waals surface area contributed by atoms with Gasteiger partial charge in [-0.1, -0.05) is 13.8 Å². The van der Waals surface area contributed by atoms with Crippen LogP contribution in [0.4, 0.5) is 0 Å². The first-order valence-electron chi connectivity index (χ1n) is 5.73. The van der Waals surface area contributed by atoms with Crippen LogP contribution < -0.4 is 5.32 Å². The molecule has 4 nitrogen and oxygen atoms in total. The second-order valence-electron chi connectivity index (χ2n) is 4.04. The maximum absolute atomic E-state index is 11.0. The van der Waals surface area contributed by atoms with E-state index in [1.54, 1.807) is 0 Å². The van der Waals surface area contributed by atoms with Crippen molar-refractivity contribution in [1.82, 2.24) is 10.2 Å². The van der Waals surface area contributed by atoms with Gasteiger partial charge in [0.25, 0.3) is 0 Å². The van der Waals surface area contributed by atoms with Gasteiger partial charge < -0.3 is 10.4 Å². The molecular formula is C11H24N2O2. The average Bonchev–Trinajstić information content (AvgIpc) is 2.15. The van der Waals surface area contributed by atoms with Gasteiger partial charge in [0.15, 0.2) is 0 Å². The van der Waals surface area contributed by atoms with Gasteiger partial charge in [-0.05, 0) is 33.4 Å². The summed E-state index contributed by atoms with van der Waals surface area (Å²) in [6.07, 6.45) is 1.05. The number of rotatable bonds is 8. The van der Waals surface area contributed by atoms with E-state index in [1.807, 2.05) is 6.92 Å². The van der Waals surface area contributed by atoms with Gasteiger partial charge in [0, 0.05) is 12.6 Å². The lowest BCUT2D eigenvalue weighted by atomic mass is 10.2. The van der Waals surface area contributed by atoms with E-state index in [-0.39, 0.29) is 0 Å². The summed E-state index contributed by atoms with van der Waals surface area (Å²) in [5.74, 6) is -0.765. The zero-order chi connectivity index (χ0) is 11.8. The number of aliphatic carboxylic acids is 1. The predicted octanol–water partition coefficient (Wildman–Crippen LogP) is 1.17. The highest BCUT2D eigenvalue weighted by atomic mass is 16.4. The lowest BCUT2D eigenvalue weighted by Crippen LogP contribution is -2.48. The molecule has 1 unspecified atom stereocenters. The fourth-order valence-corrected chi connectivity index (χ4v) is 1.56. The molecule has 0 aliphatic heterocycles. The van der Waals surface area contributed by atoms with E-state index < -0.39 is 12.0 Å². The van der Waals surface area contributed by atoms with Crippen molar-refractivity contribution in [3.05, 3.63) is 0 Å². The van der Waals surface area contributed by atoms with Gasteiger partial charge in [0.05, 0.1) is 0 Å². The number of carboxylic acid groups (broad SMARTS) is 1. The molecule has 2 N–H and O–H groups in total. The Morgan fingerprint density at radius 3 is 2.33 bits per heavy atom. The van der Waals surface area contributed by atoms with Gasteiger partial charge in [-0.2, -0.15) is 0 Å². The molecule has 0 radical (unpaired) electrons. The largest absolute Gasteiger partial charge is 0.480 e. The molecule has 4 heteroatoms. The Labute approximate surface area is 92.7 Å². The standard InChI is InChI=1S/C11H24N2O2/c1-5-7-13(9(3)4)8-10(11(14)15)12-6-2/h9-10,12H,5-8H2,1-4H3,(H,14,15). The van der Waals surface area contributed by atoms with Crippen LogP contribution in [0.5, 0.6) is 0 Å². The van der Waals surface area contributed by atoms with Crippen molar-refractivity contribution in [1.29, 1.82) is 0 Å². The molecule has 0 spiro atoms. The average molecular weight is 216 g/mol. The number of carboxylic acids is 1. The van der Waals surface area contributed by atoms with Crippen molar-refractivity contribution < 1.29 is 9.90 Å². The number of nitrogens with one attached hydrogen (secondary N) is 1. The van der Waals surface area contributed by atoms with Gasteiger partial charge in [-0.3, -0.25) is 9.69 Å². The van der Waals surface area contributed by atoms with E-state index >= 15 is 0 Å². The van der Waals surface area contributed by atoms with Crippen molar-refractivity contribution in [2.24, 2.45) is 0 Å². The van der Waals surface area contributed by atoms with Crippen molar-refractivity contribution in [3.8, 4) is 0 Å². The molecular weight excluding hydrogens is 192 g/mol. The van der Waals surface area contributed by atoms with Gasteiger partial charge in [0.2, 0.25) is 0 Å². The van der Waals surface area contributed by atoms with E-state index in [4.69, 9.17) is 5.11 Å². The molecule has 0 bridgehead atoms. The van der Waals surface area contributed by atoms with E-state index in [1.165, 1.54) is 0 Å². The van der Waals surface area contributed by atoms with Crippen molar-refractivity contribution in [3.63, 3.8) is 0 Å². The Balaban J connectivity index is 4.25. The second kappa shape index (κ2) is 7.65. The van der Waals surface area contributed by atoms with Crippen LogP contribution in [0.25, 0.3) is 0 Å². The van der Waals surface area contributed by atoms with Crippen LogP contribution in [0.2, 0.25) is 0 Å². The van der Waals surface area contributed by atoms with E-state index in [0.29, 0.717) is 19.1 Å². The molecule has 0 fully saturated rings. The first-order chi connectivity index (χ1) is 7.02. The number of likely N-dealkylation sites (N-methyl/N-ethyl adjacent to an activating group) is 1. The quantitative estimate of drug-likeness (QED) is 0.639. The first kappa shape index (κ1) is 14.4. The lowest BCUT2D eigenvalue weighted by molar-refractivity contribution is -0.140. The SMILES string of the molecule is CCCN(CC(NCC)C(=O)O)C(C)C. The summed E-state index contributed by atoms with van der Waals surface area (Å²) in [4.78, 5) is 13.2. The number of hydrogen-bond acceptors (Lipinski definition) is 3. The van der Waals surface area contributed by atoms with Crippen molar-refractivity contribution in [2.75, 3.05) is 19.6 Å². The third-order valence-electron chi connectivity index (χ3n) is 2.41. The van der Waals surface area contributed by atoms with Gasteiger partial charge in [-0.25, -0.2) is 0 Å². The topological polar surface area (TPSA) is 52.6 Å². The molecule has 0 aliphatic rings. The second-order valence-corrected chi connectivity index (χ2v) is 4.04. The van der Waals surface area contributed by atoms with Crippen molar-refractivity contribution >= 4 is 5.97 Å². The highest BCUT2D eigenvalue weighted by Gasteiger charge is 2.20. The lowest BCUT2D eigenvalue weighted by Gasteiger charge is -2.28. The summed E-state index contributed by atoms with van der Waals surface area (Å²) >= 11 is 0. The summed E-state index contributed by atoms with van der Waals surface area (Å²) in [5.41, 5.74) is 0. The van der Waals surface area contributed by atoms with E-state index in [9.17, 15) is 4.79 Å². The fourth-order valence-electron chi connectivity index (χ4n) is 1.56. The van der Waals surface area contributed by atoms with E-state index in [2.05, 4.69) is 31.0 Å². The highest BCUT2D eigenvalue weighted by molar-refractivity contribution is 5.73. The number of carbonyl (C=O) groups is 1. The van der Waals surface area contributed by atoms with Gasteiger partial charge >= 0.3 is 5.97 Å². The maximum Gasteiger partial charge on any atom is 0.322 e. The van der Waals surface area contributed by atoms with Crippen LogP contribution in [0.3, 0.4) is 0 Å². The minimum absolute atomic E-state index is 0.394. The molecule has 0 aromatic carbocycles. The molecule has 0 aromatic heterocycles. The zero-order valence-corrected chi connectivity index (χ0v) is 10.3. The Hall–Kier alpha value is -0.610. The zero-order valence-electron chi connectivity index (χ0n) is 10.3. The maximum atomic E-state index is 11.0. The van der Waals surface area contributed by atoms with Gasteiger partial charge in [-0.15, -0.1) is 0 Å². The Bertz CT molecular complexity index is 183. The third-order valence-corrected chi connectivity index (χ3v) is 2.41. The monoisotopic (exact) mass is 216 g/mol.